The summed E-state index contributed by atoms with van der Waals surface area (Å²) in [6, 6.07) is 0. The predicted octanol–water partition coefficient (Wildman–Crippen LogP) is 3.23. The van der Waals surface area contributed by atoms with E-state index in [-0.39, 0.29) is 0 Å². The van der Waals surface area contributed by atoms with Crippen LogP contribution in [-0.2, 0) is 13.1 Å². The van der Waals surface area contributed by atoms with Gasteiger partial charge in [-0.15, -0.1) is 11.3 Å². The molecule has 1 aliphatic rings. The fraction of sp³-hybridized carbons (Fsp3) is 0.556. The van der Waals surface area contributed by atoms with Crippen molar-refractivity contribution in [3.8, 4) is 0 Å². The van der Waals surface area contributed by atoms with Crippen LogP contribution in [0.4, 0.5) is 5.82 Å². The van der Waals surface area contributed by atoms with Gasteiger partial charge in [-0.1, -0.05) is 5.16 Å². The lowest BCUT2D eigenvalue weighted by molar-refractivity contribution is 0.323. The van der Waals surface area contributed by atoms with Gasteiger partial charge in [0.15, 0.2) is 5.82 Å². The zero-order chi connectivity index (χ0) is 18.3. The molecule has 0 unspecified atom stereocenters. The van der Waals surface area contributed by atoms with E-state index in [0.29, 0.717) is 18.3 Å². The Morgan fingerprint density at radius 1 is 1.08 bits per heavy atom. The highest BCUT2D eigenvalue weighted by Crippen LogP contribution is 2.35. The van der Waals surface area contributed by atoms with Crippen LogP contribution in [0, 0.1) is 20.8 Å². The number of hydrogen-bond donors (Lipinski definition) is 0. The first kappa shape index (κ1) is 17.4. The van der Waals surface area contributed by atoms with E-state index in [9.17, 15) is 0 Å². The standard InChI is InChI=1S/C18H24N6OS/c1-11-12(2)26-18-16(11)17(23(4)9-15-19-13(3)25-22-15)20-14(21-18)10-24-7-5-6-8-24/h5-10H2,1-4H3. The minimum atomic E-state index is 0.556. The highest BCUT2D eigenvalue weighted by molar-refractivity contribution is 7.18. The van der Waals surface area contributed by atoms with Crippen molar-refractivity contribution in [3.05, 3.63) is 28.0 Å². The van der Waals surface area contributed by atoms with Crippen molar-refractivity contribution >= 4 is 27.4 Å². The van der Waals surface area contributed by atoms with E-state index in [4.69, 9.17) is 14.5 Å². The number of likely N-dealkylation sites (tertiary alicyclic amines) is 1. The number of hydrogen-bond acceptors (Lipinski definition) is 8. The highest BCUT2D eigenvalue weighted by atomic mass is 32.1. The van der Waals surface area contributed by atoms with E-state index >= 15 is 0 Å². The van der Waals surface area contributed by atoms with Gasteiger partial charge in [-0.2, -0.15) is 4.98 Å². The van der Waals surface area contributed by atoms with Gasteiger partial charge in [-0.3, -0.25) is 4.90 Å². The van der Waals surface area contributed by atoms with E-state index in [0.717, 1.165) is 41.5 Å². The van der Waals surface area contributed by atoms with Gasteiger partial charge < -0.3 is 9.42 Å². The quantitative estimate of drug-likeness (QED) is 0.681. The first-order valence-corrected chi connectivity index (χ1v) is 9.82. The molecule has 0 spiro atoms. The molecule has 8 heteroatoms. The fourth-order valence-corrected chi connectivity index (χ4v) is 4.49. The molecule has 1 fully saturated rings. The summed E-state index contributed by atoms with van der Waals surface area (Å²) < 4.78 is 5.10. The highest BCUT2D eigenvalue weighted by Gasteiger charge is 2.20. The molecule has 0 aromatic carbocycles. The van der Waals surface area contributed by atoms with Crippen LogP contribution >= 0.6 is 11.3 Å². The first-order valence-electron chi connectivity index (χ1n) is 9.00. The van der Waals surface area contributed by atoms with Crippen molar-refractivity contribution in [3.63, 3.8) is 0 Å². The van der Waals surface area contributed by atoms with E-state index in [1.165, 1.54) is 23.3 Å². The van der Waals surface area contributed by atoms with Crippen LogP contribution in [0.5, 0.6) is 0 Å². The summed E-state index contributed by atoms with van der Waals surface area (Å²) in [7, 11) is 2.03. The third kappa shape index (κ3) is 3.31. The van der Waals surface area contributed by atoms with E-state index in [1.54, 1.807) is 18.3 Å². The Morgan fingerprint density at radius 3 is 2.54 bits per heavy atom. The van der Waals surface area contributed by atoms with Gasteiger partial charge in [-0.25, -0.2) is 9.97 Å². The molecule has 0 radical (unpaired) electrons. The van der Waals surface area contributed by atoms with Gasteiger partial charge in [0.25, 0.3) is 0 Å². The van der Waals surface area contributed by atoms with Crippen LogP contribution in [0.3, 0.4) is 0 Å². The second kappa shape index (κ2) is 6.92. The van der Waals surface area contributed by atoms with E-state index in [2.05, 4.69) is 33.8 Å². The number of anilines is 1. The lowest BCUT2D eigenvalue weighted by Gasteiger charge is -2.20. The molecule has 7 nitrogen and oxygen atoms in total. The maximum Gasteiger partial charge on any atom is 0.223 e. The number of rotatable bonds is 5. The number of thiophene rings is 1. The Balaban J connectivity index is 1.71. The first-order chi connectivity index (χ1) is 12.5. The van der Waals surface area contributed by atoms with Gasteiger partial charge >= 0.3 is 0 Å². The van der Waals surface area contributed by atoms with Crippen molar-refractivity contribution < 1.29 is 4.52 Å². The summed E-state index contributed by atoms with van der Waals surface area (Å²) >= 11 is 1.75. The van der Waals surface area contributed by atoms with Gasteiger partial charge in [0.2, 0.25) is 5.89 Å². The van der Waals surface area contributed by atoms with Crippen molar-refractivity contribution in [1.29, 1.82) is 0 Å². The fourth-order valence-electron chi connectivity index (χ4n) is 3.45. The van der Waals surface area contributed by atoms with Crippen LogP contribution < -0.4 is 4.90 Å². The van der Waals surface area contributed by atoms with Crippen LogP contribution in [0.1, 0.15) is 40.8 Å². The molecule has 1 saturated heterocycles. The molecule has 3 aromatic heterocycles. The third-order valence-electron chi connectivity index (χ3n) is 4.93. The molecule has 0 N–H and O–H groups in total. The molecule has 26 heavy (non-hydrogen) atoms. The summed E-state index contributed by atoms with van der Waals surface area (Å²) in [5.41, 5.74) is 1.25. The van der Waals surface area contributed by atoms with Crippen molar-refractivity contribution in [1.82, 2.24) is 25.0 Å². The smallest absolute Gasteiger partial charge is 0.223 e. The van der Waals surface area contributed by atoms with Crippen LogP contribution in [0.2, 0.25) is 0 Å². The number of nitrogens with zero attached hydrogens (tertiary/aromatic N) is 6. The Morgan fingerprint density at radius 2 is 1.85 bits per heavy atom. The SMILES string of the molecule is Cc1nc(CN(C)c2nc(CN3CCCC3)nc3sc(C)c(C)c23)no1. The predicted molar refractivity (Wildman–Crippen MR) is 103 cm³/mol. The second-order valence-electron chi connectivity index (χ2n) is 7.00. The summed E-state index contributed by atoms with van der Waals surface area (Å²) in [6.07, 6.45) is 2.53. The summed E-state index contributed by atoms with van der Waals surface area (Å²) in [4.78, 5) is 21.0. The molecular formula is C18H24N6OS. The minimum absolute atomic E-state index is 0.556. The van der Waals surface area contributed by atoms with Gasteiger partial charge in [0.1, 0.15) is 16.5 Å². The second-order valence-corrected chi connectivity index (χ2v) is 8.20. The molecule has 4 heterocycles. The molecular weight excluding hydrogens is 348 g/mol. The molecule has 4 rings (SSSR count). The normalized spacial score (nSPS) is 15.2. The number of aryl methyl sites for hydroxylation is 3. The van der Waals surface area contributed by atoms with Gasteiger partial charge in [-0.05, 0) is 45.3 Å². The maximum atomic E-state index is 5.10. The topological polar surface area (TPSA) is 71.2 Å². The molecule has 0 amide bonds. The van der Waals surface area contributed by atoms with E-state index < -0.39 is 0 Å². The molecule has 0 aliphatic carbocycles. The molecule has 138 valence electrons. The molecule has 0 saturated carbocycles. The van der Waals surface area contributed by atoms with Crippen LogP contribution in [0.25, 0.3) is 10.2 Å². The average Bonchev–Trinajstić information content (AvgIpc) is 3.31. The van der Waals surface area contributed by atoms with Gasteiger partial charge in [0.05, 0.1) is 18.5 Å². The number of fused-ring (bicyclic) bond motifs is 1. The zero-order valence-corrected chi connectivity index (χ0v) is 16.6. The lowest BCUT2D eigenvalue weighted by Crippen LogP contribution is -2.23. The summed E-state index contributed by atoms with van der Waals surface area (Å²) in [5, 5.41) is 5.16. The van der Waals surface area contributed by atoms with Crippen molar-refractivity contribution in [2.45, 2.75) is 46.7 Å². The lowest BCUT2D eigenvalue weighted by atomic mass is 10.2. The Labute approximate surface area is 157 Å². The largest absolute Gasteiger partial charge is 0.351 e. The van der Waals surface area contributed by atoms with Gasteiger partial charge in [0, 0.05) is 18.8 Å². The van der Waals surface area contributed by atoms with Crippen LogP contribution in [0.15, 0.2) is 4.52 Å². The van der Waals surface area contributed by atoms with Crippen LogP contribution in [-0.4, -0.2) is 45.1 Å². The summed E-state index contributed by atoms with van der Waals surface area (Å²) in [5.74, 6) is 3.10. The van der Waals surface area contributed by atoms with Crippen molar-refractivity contribution in [2.75, 3.05) is 25.0 Å². The molecule has 0 bridgehead atoms. The molecule has 1 aliphatic heterocycles. The number of aromatic nitrogens is 4. The average molecular weight is 372 g/mol. The molecule has 3 aromatic rings. The third-order valence-corrected chi connectivity index (χ3v) is 6.03. The zero-order valence-electron chi connectivity index (χ0n) is 15.7. The Bertz CT molecular complexity index is 927. The minimum Gasteiger partial charge on any atom is -0.351 e. The van der Waals surface area contributed by atoms with E-state index in [1.807, 2.05) is 7.05 Å². The van der Waals surface area contributed by atoms with Crippen molar-refractivity contribution in [2.24, 2.45) is 0 Å². The molecule has 0 atom stereocenters. The Kier molecular flexibility index (Phi) is 4.62. The monoisotopic (exact) mass is 372 g/mol. The summed E-state index contributed by atoms with van der Waals surface area (Å²) in [6.45, 7) is 9.74. The maximum absolute atomic E-state index is 5.10. The Hall–Kier alpha value is -2.06.